The summed E-state index contributed by atoms with van der Waals surface area (Å²) in [4.78, 5) is 11.6. The number of aromatic nitrogens is 2. The molecule has 0 aliphatic rings. The first-order valence-electron chi connectivity index (χ1n) is 9.91. The Morgan fingerprint density at radius 2 is 1.71 bits per heavy atom. The third-order valence-electron chi connectivity index (χ3n) is 4.02. The fourth-order valence-corrected chi connectivity index (χ4v) is 2.46. The SMILES string of the molecule is CC.CCC(C)/C=C(\C=C(/C(C)=O)C(F)(F)F)c1cc(C(F)(F)F)nn1CC(C)(C)N. The maximum absolute atomic E-state index is 13.3. The Bertz CT molecular complexity index is 796. The van der Waals surface area contributed by atoms with E-state index in [1.807, 2.05) is 13.8 Å². The molecule has 2 N–H and O–H groups in total. The summed E-state index contributed by atoms with van der Waals surface area (Å²) in [5, 5.41) is 3.51. The van der Waals surface area contributed by atoms with Gasteiger partial charge in [0.2, 0.25) is 0 Å². The second kappa shape index (κ2) is 11.0. The molecule has 0 aliphatic carbocycles. The summed E-state index contributed by atoms with van der Waals surface area (Å²) in [6.45, 7) is 11.2. The minimum Gasteiger partial charge on any atom is -0.324 e. The number of nitrogens with zero attached hydrogens (tertiary/aromatic N) is 2. The maximum Gasteiger partial charge on any atom is 0.435 e. The van der Waals surface area contributed by atoms with Crippen molar-refractivity contribution in [3.05, 3.63) is 35.2 Å². The molecule has 1 unspecified atom stereocenters. The summed E-state index contributed by atoms with van der Waals surface area (Å²) < 4.78 is 80.4. The van der Waals surface area contributed by atoms with Gasteiger partial charge < -0.3 is 5.73 Å². The van der Waals surface area contributed by atoms with Crippen LogP contribution < -0.4 is 5.73 Å². The molecule has 0 spiro atoms. The topological polar surface area (TPSA) is 60.9 Å². The Balaban J connectivity index is 0.00000436. The first-order valence-corrected chi connectivity index (χ1v) is 9.91. The van der Waals surface area contributed by atoms with Crippen LogP contribution in [-0.4, -0.2) is 27.3 Å². The number of carbonyl (C=O) groups excluding carboxylic acids is 1. The van der Waals surface area contributed by atoms with E-state index in [9.17, 15) is 31.1 Å². The van der Waals surface area contributed by atoms with Gasteiger partial charge in [0.1, 0.15) is 0 Å². The number of ketones is 1. The van der Waals surface area contributed by atoms with Crippen molar-refractivity contribution in [1.29, 1.82) is 0 Å². The molecule has 0 aliphatic heterocycles. The van der Waals surface area contributed by atoms with Crippen LogP contribution in [0.25, 0.3) is 5.57 Å². The highest BCUT2D eigenvalue weighted by atomic mass is 19.4. The van der Waals surface area contributed by atoms with Crippen molar-refractivity contribution in [2.75, 3.05) is 0 Å². The van der Waals surface area contributed by atoms with Crippen LogP contribution in [0.4, 0.5) is 26.3 Å². The van der Waals surface area contributed by atoms with Gasteiger partial charge in [0.25, 0.3) is 0 Å². The van der Waals surface area contributed by atoms with Gasteiger partial charge in [-0.2, -0.15) is 31.4 Å². The summed E-state index contributed by atoms with van der Waals surface area (Å²) >= 11 is 0. The maximum atomic E-state index is 13.3. The molecule has 1 rings (SSSR count). The number of hydrogen-bond acceptors (Lipinski definition) is 3. The Morgan fingerprint density at radius 1 is 1.19 bits per heavy atom. The Hall–Kier alpha value is -2.10. The number of rotatable bonds is 7. The molecular formula is C21H31F6N3O. The summed E-state index contributed by atoms with van der Waals surface area (Å²) in [5.41, 5.74) is 1.83. The summed E-state index contributed by atoms with van der Waals surface area (Å²) in [6.07, 6.45) is -7.25. The molecule has 0 amide bonds. The largest absolute Gasteiger partial charge is 0.435 e. The Morgan fingerprint density at radius 3 is 2.06 bits per heavy atom. The molecule has 31 heavy (non-hydrogen) atoms. The molecule has 1 aromatic rings. The monoisotopic (exact) mass is 455 g/mol. The van der Waals surface area contributed by atoms with Crippen molar-refractivity contribution < 1.29 is 31.1 Å². The standard InChI is InChI=1S/C19H25F6N3O.C2H6/c1-6-11(2)7-13(8-14(12(3)29)18(20,21)22)15-9-16(19(23,24)25)27-28(15)10-17(4,5)26;1-2/h7-9,11H,6,10,26H2,1-5H3;1-2H3/b13-7+,14-8+;. The van der Waals surface area contributed by atoms with Gasteiger partial charge in [-0.05, 0) is 44.4 Å². The zero-order chi connectivity index (χ0) is 24.8. The lowest BCUT2D eigenvalue weighted by Crippen LogP contribution is -2.38. The fourth-order valence-electron chi connectivity index (χ4n) is 2.46. The molecule has 4 nitrogen and oxygen atoms in total. The zero-order valence-electron chi connectivity index (χ0n) is 18.9. The lowest BCUT2D eigenvalue weighted by molar-refractivity contribution is -0.141. The quantitative estimate of drug-likeness (QED) is 0.304. The highest BCUT2D eigenvalue weighted by molar-refractivity contribution is 5.97. The first-order chi connectivity index (χ1) is 14.0. The van der Waals surface area contributed by atoms with E-state index >= 15 is 0 Å². The lowest BCUT2D eigenvalue weighted by atomic mass is 9.98. The van der Waals surface area contributed by atoms with Gasteiger partial charge in [0, 0.05) is 5.54 Å². The van der Waals surface area contributed by atoms with Gasteiger partial charge in [0.05, 0.1) is 17.8 Å². The number of Topliss-reactive ketones (excluding diaryl/α,β-unsaturated/α-hetero) is 1. The normalized spacial score (nSPS) is 14.8. The van der Waals surface area contributed by atoms with Gasteiger partial charge in [-0.25, -0.2) is 0 Å². The van der Waals surface area contributed by atoms with Gasteiger partial charge in [-0.3, -0.25) is 9.48 Å². The number of allylic oxidation sites excluding steroid dienone is 4. The summed E-state index contributed by atoms with van der Waals surface area (Å²) in [7, 11) is 0. The highest BCUT2D eigenvalue weighted by Crippen LogP contribution is 2.34. The second-order valence-corrected chi connectivity index (χ2v) is 7.68. The van der Waals surface area contributed by atoms with E-state index in [1.165, 1.54) is 6.08 Å². The number of carbonyl (C=O) groups is 1. The smallest absolute Gasteiger partial charge is 0.324 e. The number of nitrogens with two attached hydrogens (primary N) is 1. The molecule has 1 atom stereocenters. The van der Waals surface area contributed by atoms with Crippen LogP contribution in [-0.2, 0) is 17.5 Å². The third kappa shape index (κ3) is 9.28. The van der Waals surface area contributed by atoms with Crippen molar-refractivity contribution >= 4 is 11.4 Å². The summed E-state index contributed by atoms with van der Waals surface area (Å²) in [5.74, 6) is -1.50. The van der Waals surface area contributed by atoms with Crippen molar-refractivity contribution in [1.82, 2.24) is 9.78 Å². The van der Waals surface area contributed by atoms with E-state index in [1.54, 1.807) is 27.7 Å². The van der Waals surface area contributed by atoms with E-state index < -0.39 is 34.9 Å². The van der Waals surface area contributed by atoms with Gasteiger partial charge >= 0.3 is 12.4 Å². The van der Waals surface area contributed by atoms with E-state index in [4.69, 9.17) is 5.73 Å². The highest BCUT2D eigenvalue weighted by Gasteiger charge is 2.38. The lowest BCUT2D eigenvalue weighted by Gasteiger charge is -2.21. The Labute approximate surface area is 179 Å². The van der Waals surface area contributed by atoms with Gasteiger partial charge in [0.15, 0.2) is 11.5 Å². The fraction of sp³-hybridized carbons (Fsp3) is 0.619. The van der Waals surface area contributed by atoms with Crippen molar-refractivity contribution in [3.8, 4) is 0 Å². The molecule has 0 aromatic carbocycles. The van der Waals surface area contributed by atoms with Crippen molar-refractivity contribution in [2.24, 2.45) is 11.7 Å². The molecule has 0 bridgehead atoms. The molecule has 10 heteroatoms. The molecule has 0 saturated heterocycles. The molecule has 1 heterocycles. The van der Waals surface area contributed by atoms with Crippen LogP contribution >= 0.6 is 0 Å². The van der Waals surface area contributed by atoms with Crippen LogP contribution in [0.3, 0.4) is 0 Å². The minimum absolute atomic E-state index is 0.172. The van der Waals surface area contributed by atoms with Gasteiger partial charge in [-0.1, -0.05) is 40.2 Å². The number of alkyl halides is 6. The van der Waals surface area contributed by atoms with E-state index in [2.05, 4.69) is 5.10 Å². The predicted molar refractivity (Wildman–Crippen MR) is 109 cm³/mol. The summed E-state index contributed by atoms with van der Waals surface area (Å²) in [6, 6.07) is 0.671. The van der Waals surface area contributed by atoms with E-state index in [0.29, 0.717) is 18.6 Å². The van der Waals surface area contributed by atoms with Crippen LogP contribution in [0.5, 0.6) is 0 Å². The second-order valence-electron chi connectivity index (χ2n) is 7.68. The predicted octanol–water partition coefficient (Wildman–Crippen LogP) is 6.17. The molecule has 0 saturated carbocycles. The molecule has 0 radical (unpaired) electrons. The van der Waals surface area contributed by atoms with E-state index in [0.717, 1.165) is 11.6 Å². The van der Waals surface area contributed by atoms with Crippen molar-refractivity contribution in [2.45, 2.75) is 79.3 Å². The number of halogens is 6. The average Bonchev–Trinajstić information content (AvgIpc) is 3.00. The molecular weight excluding hydrogens is 424 g/mol. The number of hydrogen-bond donors (Lipinski definition) is 1. The third-order valence-corrected chi connectivity index (χ3v) is 4.02. The molecule has 178 valence electrons. The zero-order valence-corrected chi connectivity index (χ0v) is 18.9. The average molecular weight is 455 g/mol. The van der Waals surface area contributed by atoms with E-state index in [-0.39, 0.29) is 23.7 Å². The Kier molecular flexibility index (Phi) is 10.2. The minimum atomic E-state index is -4.95. The van der Waals surface area contributed by atoms with Gasteiger partial charge in [-0.15, -0.1) is 0 Å². The van der Waals surface area contributed by atoms with Crippen LogP contribution in [0.2, 0.25) is 0 Å². The van der Waals surface area contributed by atoms with Crippen LogP contribution in [0, 0.1) is 5.92 Å². The first kappa shape index (κ1) is 28.9. The van der Waals surface area contributed by atoms with Crippen LogP contribution in [0.1, 0.15) is 66.3 Å². The molecule has 1 aromatic heterocycles. The van der Waals surface area contributed by atoms with Crippen LogP contribution in [0.15, 0.2) is 23.8 Å². The van der Waals surface area contributed by atoms with Crippen molar-refractivity contribution in [3.63, 3.8) is 0 Å². The molecule has 0 fully saturated rings.